The molecule has 2 saturated heterocycles. The van der Waals surface area contributed by atoms with Gasteiger partial charge in [-0.15, -0.1) is 0 Å². The number of aromatic hydroxyl groups is 1. The molecule has 0 amide bonds. The van der Waals surface area contributed by atoms with Gasteiger partial charge in [0.05, 0.1) is 18.9 Å². The zero-order valence-electron chi connectivity index (χ0n) is 18.0. The Hall–Kier alpha value is -2.42. The molecule has 2 fully saturated rings. The maximum atomic E-state index is 12.5. The van der Waals surface area contributed by atoms with Gasteiger partial charge in [0, 0.05) is 82.3 Å². The van der Waals surface area contributed by atoms with Crippen molar-refractivity contribution in [1.29, 1.82) is 0 Å². The third-order valence-electron chi connectivity index (χ3n) is 7.06. The Morgan fingerprint density at radius 3 is 2.68 bits per heavy atom. The molecule has 31 heavy (non-hydrogen) atoms. The van der Waals surface area contributed by atoms with Gasteiger partial charge in [-0.25, -0.2) is 0 Å². The quantitative estimate of drug-likeness (QED) is 0.776. The van der Waals surface area contributed by atoms with Crippen molar-refractivity contribution in [2.75, 3.05) is 39.4 Å². The number of pyridine rings is 2. The number of fused-ring (bicyclic) bond motifs is 4. The third-order valence-corrected chi connectivity index (χ3v) is 7.06. The van der Waals surface area contributed by atoms with Crippen LogP contribution >= 0.6 is 0 Å². The molecule has 2 aromatic rings. The van der Waals surface area contributed by atoms with Gasteiger partial charge < -0.3 is 19.0 Å². The zero-order valence-corrected chi connectivity index (χ0v) is 18.0. The largest absolute Gasteiger partial charge is 0.503 e. The minimum absolute atomic E-state index is 0.0920. The van der Waals surface area contributed by atoms with E-state index in [4.69, 9.17) is 4.74 Å². The summed E-state index contributed by atoms with van der Waals surface area (Å²) in [4.78, 5) is 29.4. The van der Waals surface area contributed by atoms with E-state index in [0.29, 0.717) is 43.8 Å². The monoisotopic (exact) mass is 426 g/mol. The number of aromatic nitrogens is 2. The van der Waals surface area contributed by atoms with E-state index in [9.17, 15) is 14.7 Å². The van der Waals surface area contributed by atoms with Gasteiger partial charge in [0.15, 0.2) is 5.75 Å². The lowest BCUT2D eigenvalue weighted by atomic mass is 9.83. The fourth-order valence-electron chi connectivity index (χ4n) is 5.45. The van der Waals surface area contributed by atoms with Crippen LogP contribution in [0.15, 0.2) is 33.9 Å². The molecular weight excluding hydrogens is 396 g/mol. The Bertz CT molecular complexity index is 1090. The fourth-order valence-corrected chi connectivity index (χ4v) is 5.45. The SMILES string of the molecule is Cn1c(CN2CC3CC(C2)c2cccc(=O)n2C3)cc(=O)c(O)c1CN1CCOCC1. The molecule has 2 aromatic heterocycles. The van der Waals surface area contributed by atoms with E-state index in [1.54, 1.807) is 12.1 Å². The number of nitrogens with zero attached hydrogens (tertiary/aromatic N) is 4. The normalized spacial score (nSPS) is 24.2. The zero-order chi connectivity index (χ0) is 21.5. The van der Waals surface area contributed by atoms with Gasteiger partial charge in [-0.2, -0.15) is 0 Å². The maximum absolute atomic E-state index is 12.5. The number of hydrogen-bond donors (Lipinski definition) is 1. The molecule has 0 aromatic carbocycles. The third kappa shape index (κ3) is 3.95. The second-order valence-corrected chi connectivity index (χ2v) is 9.13. The lowest BCUT2D eigenvalue weighted by Gasteiger charge is -2.43. The molecule has 0 radical (unpaired) electrons. The first-order valence-corrected chi connectivity index (χ1v) is 11.1. The van der Waals surface area contributed by atoms with Gasteiger partial charge in [-0.1, -0.05) is 6.07 Å². The molecule has 8 heteroatoms. The summed E-state index contributed by atoms with van der Waals surface area (Å²) < 4.78 is 9.33. The van der Waals surface area contributed by atoms with Gasteiger partial charge in [-0.05, 0) is 18.4 Å². The van der Waals surface area contributed by atoms with Crippen molar-refractivity contribution < 1.29 is 9.84 Å². The predicted molar refractivity (Wildman–Crippen MR) is 116 cm³/mol. The number of likely N-dealkylation sites (tertiary alicyclic amines) is 1. The molecule has 0 spiro atoms. The molecule has 1 N–H and O–H groups in total. The first-order valence-electron chi connectivity index (χ1n) is 11.1. The van der Waals surface area contributed by atoms with Crippen LogP contribution in [0.5, 0.6) is 5.75 Å². The summed E-state index contributed by atoms with van der Waals surface area (Å²) in [6, 6.07) is 7.14. The molecule has 5 heterocycles. The minimum Gasteiger partial charge on any atom is -0.503 e. The highest BCUT2D eigenvalue weighted by atomic mass is 16.5. The van der Waals surface area contributed by atoms with Crippen LogP contribution in [0.3, 0.4) is 0 Å². The first kappa shape index (κ1) is 20.5. The molecule has 5 rings (SSSR count). The summed E-state index contributed by atoms with van der Waals surface area (Å²) in [5, 5.41) is 10.5. The minimum atomic E-state index is -0.314. The van der Waals surface area contributed by atoms with Gasteiger partial charge in [0.1, 0.15) is 0 Å². The summed E-state index contributed by atoms with van der Waals surface area (Å²) in [5.74, 6) is 0.623. The summed E-state index contributed by atoms with van der Waals surface area (Å²) in [6.45, 7) is 6.68. The molecule has 2 unspecified atom stereocenters. The molecule has 3 aliphatic rings. The van der Waals surface area contributed by atoms with E-state index in [0.717, 1.165) is 50.5 Å². The maximum Gasteiger partial charge on any atom is 0.250 e. The molecule has 3 aliphatic heterocycles. The highest BCUT2D eigenvalue weighted by molar-refractivity contribution is 5.30. The Morgan fingerprint density at radius 1 is 1.06 bits per heavy atom. The topological polar surface area (TPSA) is 79.9 Å². The van der Waals surface area contributed by atoms with Crippen molar-refractivity contribution in [3.63, 3.8) is 0 Å². The molecule has 166 valence electrons. The van der Waals surface area contributed by atoms with Crippen LogP contribution in [0, 0.1) is 5.92 Å². The van der Waals surface area contributed by atoms with Crippen molar-refractivity contribution in [2.24, 2.45) is 13.0 Å². The van der Waals surface area contributed by atoms with Crippen LogP contribution in [0.1, 0.15) is 29.4 Å². The van der Waals surface area contributed by atoms with E-state index in [-0.39, 0.29) is 16.7 Å². The summed E-state index contributed by atoms with van der Waals surface area (Å²) in [7, 11) is 1.93. The number of piperidine rings is 1. The number of rotatable bonds is 4. The van der Waals surface area contributed by atoms with E-state index in [2.05, 4.69) is 15.9 Å². The van der Waals surface area contributed by atoms with Crippen LogP contribution < -0.4 is 11.0 Å². The van der Waals surface area contributed by atoms with Crippen LogP contribution in [-0.2, 0) is 31.4 Å². The van der Waals surface area contributed by atoms with Gasteiger partial charge in [-0.3, -0.25) is 19.4 Å². The summed E-state index contributed by atoms with van der Waals surface area (Å²) in [5.41, 5.74) is 2.48. The van der Waals surface area contributed by atoms with Gasteiger partial charge in [0.2, 0.25) is 5.43 Å². The first-order chi connectivity index (χ1) is 15.0. The van der Waals surface area contributed by atoms with Crippen molar-refractivity contribution in [3.8, 4) is 5.75 Å². The Balaban J connectivity index is 1.38. The van der Waals surface area contributed by atoms with Gasteiger partial charge in [0.25, 0.3) is 5.56 Å². The van der Waals surface area contributed by atoms with E-state index in [1.165, 1.54) is 0 Å². The van der Waals surface area contributed by atoms with E-state index in [1.807, 2.05) is 22.2 Å². The number of ether oxygens (including phenoxy) is 1. The van der Waals surface area contributed by atoms with E-state index >= 15 is 0 Å². The van der Waals surface area contributed by atoms with E-state index < -0.39 is 0 Å². The fraction of sp³-hybridized carbons (Fsp3) is 0.565. The highest BCUT2D eigenvalue weighted by Crippen LogP contribution is 2.35. The number of morpholine rings is 1. The molecule has 0 saturated carbocycles. The summed E-state index contributed by atoms with van der Waals surface area (Å²) >= 11 is 0. The smallest absolute Gasteiger partial charge is 0.250 e. The molecular formula is C23H30N4O4. The summed E-state index contributed by atoms with van der Waals surface area (Å²) in [6.07, 6.45) is 1.11. The van der Waals surface area contributed by atoms with Crippen LogP contribution in [0.25, 0.3) is 0 Å². The lowest BCUT2D eigenvalue weighted by molar-refractivity contribution is 0.0327. The predicted octanol–water partition coefficient (Wildman–Crippen LogP) is 0.704. The Labute approximate surface area is 181 Å². The standard InChI is InChI=1S/C23H30N4O4/c1-24-18(10-21(28)23(30)20(24)15-25-5-7-31-8-6-25)14-26-11-16-9-17(13-26)19-3-2-4-22(29)27(19)12-16/h2-4,10,16-17,30H,5-9,11-15H2,1H3. The molecule has 8 nitrogen and oxygen atoms in total. The number of hydrogen-bond acceptors (Lipinski definition) is 6. The van der Waals surface area contributed by atoms with Gasteiger partial charge >= 0.3 is 0 Å². The highest BCUT2D eigenvalue weighted by Gasteiger charge is 2.34. The second-order valence-electron chi connectivity index (χ2n) is 9.13. The second kappa shape index (κ2) is 8.26. The van der Waals surface area contributed by atoms with Crippen LogP contribution in [0.2, 0.25) is 0 Å². The molecule has 2 bridgehead atoms. The van der Waals surface area contributed by atoms with Crippen LogP contribution in [-0.4, -0.2) is 63.4 Å². The Morgan fingerprint density at radius 2 is 1.87 bits per heavy atom. The average molecular weight is 427 g/mol. The molecule has 0 aliphatic carbocycles. The van der Waals surface area contributed by atoms with Crippen molar-refractivity contribution >= 4 is 0 Å². The van der Waals surface area contributed by atoms with Crippen molar-refractivity contribution in [1.82, 2.24) is 18.9 Å². The molecule has 2 atom stereocenters. The van der Waals surface area contributed by atoms with Crippen LogP contribution in [0.4, 0.5) is 0 Å². The average Bonchev–Trinajstić information content (AvgIpc) is 2.76. The Kier molecular flexibility index (Phi) is 5.45. The van der Waals surface area contributed by atoms with Crippen molar-refractivity contribution in [2.45, 2.75) is 32.0 Å². The van der Waals surface area contributed by atoms with Crippen molar-refractivity contribution in [3.05, 3.63) is 61.9 Å². The lowest BCUT2D eigenvalue weighted by Crippen LogP contribution is -2.47.